The van der Waals surface area contributed by atoms with Gasteiger partial charge in [-0.25, -0.2) is 9.97 Å². The molecule has 0 atom stereocenters. The first-order valence-electron chi connectivity index (χ1n) is 10.1. The molecule has 0 radical (unpaired) electrons. The minimum absolute atomic E-state index is 0.109. The summed E-state index contributed by atoms with van der Waals surface area (Å²) in [6.45, 7) is 6.04. The maximum absolute atomic E-state index is 13.0. The molecule has 0 aliphatic heterocycles. The number of hydrogen-bond donors (Lipinski definition) is 0. The number of nitrogens with zero attached hydrogens (tertiary/aromatic N) is 3. The number of aryl methyl sites for hydroxylation is 1. The van der Waals surface area contributed by atoms with Gasteiger partial charge in [-0.2, -0.15) is 0 Å². The van der Waals surface area contributed by atoms with Crippen LogP contribution in [0.5, 0.6) is 5.75 Å². The Labute approximate surface area is 177 Å². The summed E-state index contributed by atoms with van der Waals surface area (Å²) >= 11 is 0. The van der Waals surface area contributed by atoms with Crippen molar-refractivity contribution >= 4 is 22.1 Å². The molecule has 0 aliphatic carbocycles. The van der Waals surface area contributed by atoms with Gasteiger partial charge in [-0.1, -0.05) is 12.1 Å². The largest absolute Gasteiger partial charge is 0.491 e. The van der Waals surface area contributed by atoms with Crippen LogP contribution in [0.15, 0.2) is 68.5 Å². The molecule has 7 heteroatoms. The molecule has 0 spiro atoms. The van der Waals surface area contributed by atoms with E-state index < -0.39 is 0 Å². The second-order valence-electron chi connectivity index (χ2n) is 7.67. The van der Waals surface area contributed by atoms with Gasteiger partial charge in [-0.3, -0.25) is 9.36 Å². The number of oxazole rings is 1. The van der Waals surface area contributed by atoms with Crippen molar-refractivity contribution in [2.24, 2.45) is 0 Å². The summed E-state index contributed by atoms with van der Waals surface area (Å²) in [5.74, 6) is 1.93. The lowest BCUT2D eigenvalue weighted by Crippen LogP contribution is -2.21. The van der Waals surface area contributed by atoms with Crippen molar-refractivity contribution in [1.29, 1.82) is 0 Å². The van der Waals surface area contributed by atoms with E-state index in [2.05, 4.69) is 9.97 Å². The maximum atomic E-state index is 13.0. The third-order valence-corrected chi connectivity index (χ3v) is 5.04. The Bertz CT molecular complexity index is 1440. The van der Waals surface area contributed by atoms with Crippen LogP contribution in [0.2, 0.25) is 0 Å². The molecule has 5 aromatic rings. The van der Waals surface area contributed by atoms with Crippen LogP contribution in [0.4, 0.5) is 0 Å². The number of para-hydroxylation sites is 1. The monoisotopic (exact) mass is 415 g/mol. The first kappa shape index (κ1) is 19.1. The van der Waals surface area contributed by atoms with Gasteiger partial charge in [-0.05, 0) is 57.2 Å². The highest BCUT2D eigenvalue weighted by Crippen LogP contribution is 2.26. The summed E-state index contributed by atoms with van der Waals surface area (Å²) < 4.78 is 18.8. The lowest BCUT2D eigenvalue weighted by atomic mass is 10.2. The zero-order valence-corrected chi connectivity index (χ0v) is 17.5. The molecule has 0 N–H and O–H groups in total. The van der Waals surface area contributed by atoms with E-state index in [1.165, 1.54) is 10.9 Å². The number of aromatic nitrogens is 3. The first-order chi connectivity index (χ1) is 15.0. The summed E-state index contributed by atoms with van der Waals surface area (Å²) in [5.41, 5.74) is 2.70. The summed E-state index contributed by atoms with van der Waals surface area (Å²) in [5, 5.41) is 0.826. The van der Waals surface area contributed by atoms with Crippen molar-refractivity contribution in [3.05, 3.63) is 76.7 Å². The Balaban J connectivity index is 1.46. The normalized spacial score (nSPS) is 11.6. The molecule has 3 aromatic heterocycles. The molecule has 31 heavy (non-hydrogen) atoms. The van der Waals surface area contributed by atoms with Crippen molar-refractivity contribution < 1.29 is 13.6 Å². The lowest BCUT2D eigenvalue weighted by molar-refractivity contribution is 0.242. The molecule has 156 valence electrons. The molecule has 7 nitrogen and oxygen atoms in total. The Morgan fingerprint density at radius 1 is 1.06 bits per heavy atom. The molecule has 0 fully saturated rings. The number of hydrogen-bond acceptors (Lipinski definition) is 6. The Morgan fingerprint density at radius 3 is 2.61 bits per heavy atom. The van der Waals surface area contributed by atoms with Crippen LogP contribution in [-0.2, 0) is 6.54 Å². The molecule has 2 aromatic carbocycles. The third kappa shape index (κ3) is 3.48. The fourth-order valence-electron chi connectivity index (χ4n) is 3.54. The van der Waals surface area contributed by atoms with Crippen molar-refractivity contribution in [2.75, 3.05) is 0 Å². The van der Waals surface area contributed by atoms with Crippen LogP contribution in [-0.4, -0.2) is 20.6 Å². The van der Waals surface area contributed by atoms with E-state index in [1.54, 1.807) is 0 Å². The summed E-state index contributed by atoms with van der Waals surface area (Å²) in [7, 11) is 0. The van der Waals surface area contributed by atoms with Crippen LogP contribution in [0.3, 0.4) is 0 Å². The van der Waals surface area contributed by atoms with Crippen molar-refractivity contribution in [2.45, 2.75) is 33.4 Å². The standard InChI is InChI=1S/C24H21N3O4/c1-14(2)29-17-10-8-16(9-11-17)23-26-19(15(3)30-23)12-27-13-25-21-18-6-4-5-7-20(18)31-22(21)24(27)28/h4-11,13-14H,12H2,1-3H3. The van der Waals surface area contributed by atoms with Crippen molar-refractivity contribution in [3.63, 3.8) is 0 Å². The van der Waals surface area contributed by atoms with Gasteiger partial charge in [0.15, 0.2) is 0 Å². The fourth-order valence-corrected chi connectivity index (χ4v) is 3.54. The number of ether oxygens (including phenoxy) is 1. The molecular formula is C24H21N3O4. The number of furan rings is 1. The Hall–Kier alpha value is -3.87. The Morgan fingerprint density at radius 2 is 1.84 bits per heavy atom. The molecule has 0 saturated carbocycles. The van der Waals surface area contributed by atoms with Gasteiger partial charge in [0.05, 0.1) is 19.0 Å². The molecule has 3 heterocycles. The number of rotatable bonds is 5. The van der Waals surface area contributed by atoms with Crippen LogP contribution in [0.1, 0.15) is 25.3 Å². The lowest BCUT2D eigenvalue weighted by Gasteiger charge is -2.09. The van der Waals surface area contributed by atoms with E-state index >= 15 is 0 Å². The average Bonchev–Trinajstić information content (AvgIpc) is 3.31. The van der Waals surface area contributed by atoms with Crippen LogP contribution in [0.25, 0.3) is 33.5 Å². The highest BCUT2D eigenvalue weighted by Gasteiger charge is 2.16. The molecule has 0 amide bonds. The van der Waals surface area contributed by atoms with Gasteiger partial charge in [0.25, 0.3) is 5.56 Å². The van der Waals surface area contributed by atoms with Crippen molar-refractivity contribution in [1.82, 2.24) is 14.5 Å². The van der Waals surface area contributed by atoms with E-state index in [0.29, 0.717) is 28.4 Å². The predicted octanol–water partition coefficient (Wildman–Crippen LogP) is 4.94. The molecule has 5 rings (SSSR count). The van der Waals surface area contributed by atoms with Gasteiger partial charge in [0, 0.05) is 10.9 Å². The molecule has 0 aliphatic rings. The van der Waals surface area contributed by atoms with Crippen LogP contribution < -0.4 is 10.3 Å². The third-order valence-electron chi connectivity index (χ3n) is 5.04. The molecule has 0 saturated heterocycles. The summed E-state index contributed by atoms with van der Waals surface area (Å²) in [6.07, 6.45) is 1.64. The minimum atomic E-state index is -0.250. The number of fused-ring (bicyclic) bond motifs is 3. The zero-order valence-electron chi connectivity index (χ0n) is 17.5. The van der Waals surface area contributed by atoms with Gasteiger partial charge in [0.2, 0.25) is 11.5 Å². The van der Waals surface area contributed by atoms with Crippen LogP contribution in [0, 0.1) is 6.92 Å². The molecule has 0 bridgehead atoms. The average molecular weight is 415 g/mol. The number of benzene rings is 2. The second kappa shape index (κ2) is 7.43. The predicted molar refractivity (Wildman–Crippen MR) is 117 cm³/mol. The molecule has 0 unspecified atom stereocenters. The second-order valence-corrected chi connectivity index (χ2v) is 7.67. The highest BCUT2D eigenvalue weighted by atomic mass is 16.5. The van der Waals surface area contributed by atoms with E-state index in [0.717, 1.165) is 16.7 Å². The van der Waals surface area contributed by atoms with Gasteiger partial charge < -0.3 is 13.6 Å². The SMILES string of the molecule is Cc1oc(-c2ccc(OC(C)C)cc2)nc1Cn1cnc2c(oc3ccccc32)c1=O. The summed E-state index contributed by atoms with van der Waals surface area (Å²) in [6, 6.07) is 15.1. The van der Waals surface area contributed by atoms with Gasteiger partial charge >= 0.3 is 0 Å². The quantitative estimate of drug-likeness (QED) is 0.404. The highest BCUT2D eigenvalue weighted by molar-refractivity contribution is 6.01. The van der Waals surface area contributed by atoms with Crippen molar-refractivity contribution in [3.8, 4) is 17.2 Å². The van der Waals surface area contributed by atoms with E-state index in [4.69, 9.17) is 13.6 Å². The van der Waals surface area contributed by atoms with E-state index in [-0.39, 0.29) is 23.8 Å². The van der Waals surface area contributed by atoms with Crippen LogP contribution >= 0.6 is 0 Å². The molecular weight excluding hydrogens is 394 g/mol. The van der Waals surface area contributed by atoms with E-state index in [1.807, 2.05) is 69.3 Å². The first-order valence-corrected chi connectivity index (χ1v) is 10.1. The topological polar surface area (TPSA) is 83.3 Å². The zero-order chi connectivity index (χ0) is 21.5. The fraction of sp³-hybridized carbons (Fsp3) is 0.208. The minimum Gasteiger partial charge on any atom is -0.491 e. The van der Waals surface area contributed by atoms with Gasteiger partial charge in [0.1, 0.15) is 28.3 Å². The Kier molecular flexibility index (Phi) is 4.58. The van der Waals surface area contributed by atoms with E-state index in [9.17, 15) is 4.79 Å². The maximum Gasteiger partial charge on any atom is 0.297 e. The smallest absolute Gasteiger partial charge is 0.297 e. The summed E-state index contributed by atoms with van der Waals surface area (Å²) in [4.78, 5) is 22.0. The van der Waals surface area contributed by atoms with Gasteiger partial charge in [-0.15, -0.1) is 0 Å².